The van der Waals surface area contributed by atoms with E-state index in [4.69, 9.17) is 4.74 Å². The van der Waals surface area contributed by atoms with E-state index >= 15 is 4.39 Å². The number of halogens is 4. The maximum atomic E-state index is 15.2. The first-order valence-electron chi connectivity index (χ1n) is 17.9. The maximum Gasteiger partial charge on any atom is 0.435 e. The van der Waals surface area contributed by atoms with Crippen LogP contribution in [-0.2, 0) is 21.9 Å². The van der Waals surface area contributed by atoms with Crippen LogP contribution in [0.4, 0.5) is 17.6 Å². The molecule has 0 spiro atoms. The van der Waals surface area contributed by atoms with Crippen molar-refractivity contribution in [3.05, 3.63) is 58.7 Å². The van der Waals surface area contributed by atoms with E-state index in [0.717, 1.165) is 81.4 Å². The lowest BCUT2D eigenvalue weighted by molar-refractivity contribution is -0.168. The molecule has 8 nitrogen and oxygen atoms in total. The second-order valence-electron chi connectivity index (χ2n) is 15.0. The van der Waals surface area contributed by atoms with Gasteiger partial charge in [-0.15, -0.1) is 0 Å². The highest BCUT2D eigenvalue weighted by Gasteiger charge is 2.55. The van der Waals surface area contributed by atoms with Crippen LogP contribution in [0.5, 0.6) is 0 Å². The number of hydrogen-bond donors (Lipinski definition) is 4. The van der Waals surface area contributed by atoms with Crippen LogP contribution in [0.3, 0.4) is 0 Å². The average molecular weight is 678 g/mol. The number of nitrogens with zero attached hydrogens (tertiary/aromatic N) is 3. The molecule has 12 heteroatoms. The molecule has 4 aromatic rings. The zero-order chi connectivity index (χ0) is 34.0. The van der Waals surface area contributed by atoms with Crippen LogP contribution in [-0.4, -0.2) is 53.2 Å². The van der Waals surface area contributed by atoms with Crippen LogP contribution in [0.15, 0.2) is 30.3 Å². The number of piperidine rings is 2. The normalized spacial score (nSPS) is 31.6. The van der Waals surface area contributed by atoms with E-state index in [-0.39, 0.29) is 33.7 Å². The number of rotatable bonds is 8. The summed E-state index contributed by atoms with van der Waals surface area (Å²) in [6, 6.07) is 11.0. The van der Waals surface area contributed by atoms with E-state index in [1.807, 2.05) is 6.07 Å². The maximum absolute atomic E-state index is 15.2. The van der Waals surface area contributed by atoms with Gasteiger partial charge in [-0.3, -0.25) is 10.2 Å². The van der Waals surface area contributed by atoms with Gasteiger partial charge in [0.2, 0.25) is 0 Å². The summed E-state index contributed by atoms with van der Waals surface area (Å²) in [7, 11) is 0. The number of fused-ring (bicyclic) bond motifs is 6. The molecule has 2 saturated carbocycles. The van der Waals surface area contributed by atoms with Crippen molar-refractivity contribution in [2.24, 2.45) is 29.6 Å². The number of benzene rings is 2. The van der Waals surface area contributed by atoms with Crippen LogP contribution in [0, 0.1) is 46.7 Å². The van der Waals surface area contributed by atoms with Crippen molar-refractivity contribution >= 4 is 21.8 Å². The molecule has 4 bridgehead atoms. The number of alkyl halides is 3. The van der Waals surface area contributed by atoms with Gasteiger partial charge in [-0.2, -0.15) is 28.6 Å². The highest BCUT2D eigenvalue weighted by molar-refractivity contribution is 5.88. The van der Waals surface area contributed by atoms with Crippen LogP contribution >= 0.6 is 0 Å². The number of H-pyrrole nitrogens is 2. The van der Waals surface area contributed by atoms with Gasteiger partial charge in [0, 0.05) is 47.7 Å². The summed E-state index contributed by atoms with van der Waals surface area (Å²) in [5, 5.41) is 31.5. The van der Waals surface area contributed by atoms with Crippen molar-refractivity contribution in [1.82, 2.24) is 31.0 Å². The van der Waals surface area contributed by atoms with Gasteiger partial charge in [-0.05, 0) is 98.7 Å². The Hall–Kier alpha value is -3.53. The van der Waals surface area contributed by atoms with Gasteiger partial charge in [-0.25, -0.2) is 4.39 Å². The van der Waals surface area contributed by atoms with Crippen LogP contribution < -0.4 is 10.6 Å². The van der Waals surface area contributed by atoms with Crippen LogP contribution in [0.1, 0.15) is 80.8 Å². The molecule has 4 atom stereocenters. The SMILES string of the molecule is CCCC1(c2cccc3[nH]nc(C#N)c23)C2CNCC1CC(CCOC1(c3cc(F)cc4[nH]nc(C(F)(F)F)c34)C3CCCC1CNC3)C2. The Balaban J connectivity index is 1.12. The number of nitriles is 1. The molecule has 2 aliphatic carbocycles. The quantitative estimate of drug-likeness (QED) is 0.148. The molecule has 8 rings (SSSR count). The Labute approximate surface area is 282 Å². The molecular weight excluding hydrogens is 634 g/mol. The summed E-state index contributed by atoms with van der Waals surface area (Å²) in [5.74, 6) is 0.286. The molecule has 0 amide bonds. The van der Waals surface area contributed by atoms with E-state index in [2.05, 4.69) is 56.2 Å². The predicted octanol–water partition coefficient (Wildman–Crippen LogP) is 7.07. The third-order valence-electron chi connectivity index (χ3n) is 12.6. The average Bonchev–Trinajstić information content (AvgIpc) is 3.69. The summed E-state index contributed by atoms with van der Waals surface area (Å²) in [6.07, 6.45) is 2.64. The van der Waals surface area contributed by atoms with Gasteiger partial charge in [-0.1, -0.05) is 31.9 Å². The van der Waals surface area contributed by atoms with Crippen molar-refractivity contribution in [2.75, 3.05) is 32.8 Å². The zero-order valence-corrected chi connectivity index (χ0v) is 27.7. The Morgan fingerprint density at radius 1 is 0.918 bits per heavy atom. The number of nitrogens with one attached hydrogen (secondary N) is 4. The van der Waals surface area contributed by atoms with Gasteiger partial charge < -0.3 is 15.4 Å². The Kier molecular flexibility index (Phi) is 8.24. The zero-order valence-electron chi connectivity index (χ0n) is 27.7. The van der Waals surface area contributed by atoms with Gasteiger partial charge >= 0.3 is 6.18 Å². The van der Waals surface area contributed by atoms with Crippen molar-refractivity contribution < 1.29 is 22.3 Å². The molecule has 2 aromatic heterocycles. The smallest absolute Gasteiger partial charge is 0.370 e. The molecule has 4 fully saturated rings. The van der Waals surface area contributed by atoms with Crippen molar-refractivity contribution in [3.8, 4) is 6.07 Å². The summed E-state index contributed by atoms with van der Waals surface area (Å²) in [6.45, 7) is 5.60. The molecule has 2 saturated heterocycles. The third kappa shape index (κ3) is 5.10. The number of aromatic nitrogens is 4. The highest BCUT2D eigenvalue weighted by atomic mass is 19.4. The van der Waals surface area contributed by atoms with Gasteiger partial charge in [0.15, 0.2) is 11.4 Å². The molecule has 2 aliphatic heterocycles. The molecule has 4 N–H and O–H groups in total. The lowest BCUT2D eigenvalue weighted by Gasteiger charge is -2.56. The van der Waals surface area contributed by atoms with E-state index < -0.39 is 23.3 Å². The first kappa shape index (κ1) is 32.7. The molecule has 4 unspecified atom stereocenters. The van der Waals surface area contributed by atoms with E-state index in [1.54, 1.807) is 0 Å². The summed E-state index contributed by atoms with van der Waals surface area (Å²) in [4.78, 5) is 0. The van der Waals surface area contributed by atoms with Crippen LogP contribution in [0.2, 0.25) is 0 Å². The molecule has 2 aromatic carbocycles. The van der Waals surface area contributed by atoms with E-state index in [1.165, 1.54) is 11.6 Å². The minimum atomic E-state index is -4.69. The fraction of sp³-hybridized carbons (Fsp3) is 0.595. The molecule has 0 radical (unpaired) electrons. The minimum absolute atomic E-state index is 0.0500. The Morgan fingerprint density at radius 2 is 1.61 bits per heavy atom. The van der Waals surface area contributed by atoms with Gasteiger partial charge in [0.05, 0.1) is 11.0 Å². The topological polar surface area (TPSA) is 114 Å². The molecule has 4 aliphatic rings. The lowest BCUT2D eigenvalue weighted by Crippen LogP contribution is -2.59. The standard InChI is InChI=1S/C37H43F4N7O/c1-2-10-35(27-7-4-8-29-32(27)31(16-42)47-45-29)24-12-21(13-25(35)20-44-19-24)9-11-49-36(22-5-3-6-23(36)18-43-17-22)28-14-26(38)15-30-33(28)34(48-46-30)37(39,40)41/h4,7-8,14-15,21-25,43-44H,2-3,5-6,9-13,17-20H2,1H3,(H,45,47)(H,46,48). The summed E-state index contributed by atoms with van der Waals surface area (Å²) in [5.41, 5.74) is 0.741. The number of hydrogen-bond acceptors (Lipinski definition) is 6. The largest absolute Gasteiger partial charge is 0.435 e. The summed E-state index contributed by atoms with van der Waals surface area (Å²) >= 11 is 0. The van der Waals surface area contributed by atoms with E-state index in [0.29, 0.717) is 43.1 Å². The Morgan fingerprint density at radius 3 is 2.29 bits per heavy atom. The van der Waals surface area contributed by atoms with E-state index in [9.17, 15) is 18.4 Å². The highest BCUT2D eigenvalue weighted by Crippen LogP contribution is 2.57. The molecule has 260 valence electrons. The fourth-order valence-electron chi connectivity index (χ4n) is 10.9. The second kappa shape index (κ2) is 12.4. The number of aromatic amines is 2. The predicted molar refractivity (Wildman–Crippen MR) is 177 cm³/mol. The summed E-state index contributed by atoms with van der Waals surface area (Å²) < 4.78 is 65.2. The van der Waals surface area contributed by atoms with Crippen LogP contribution in [0.25, 0.3) is 21.8 Å². The van der Waals surface area contributed by atoms with Crippen molar-refractivity contribution in [2.45, 2.75) is 75.5 Å². The second-order valence-corrected chi connectivity index (χ2v) is 15.0. The third-order valence-corrected chi connectivity index (χ3v) is 12.6. The monoisotopic (exact) mass is 677 g/mol. The molecule has 4 heterocycles. The Bertz CT molecular complexity index is 1860. The number of ether oxygens (including phenoxy) is 1. The first-order chi connectivity index (χ1) is 23.7. The minimum Gasteiger partial charge on any atom is -0.370 e. The fourth-order valence-corrected chi connectivity index (χ4v) is 10.9. The first-order valence-corrected chi connectivity index (χ1v) is 17.9. The van der Waals surface area contributed by atoms with Gasteiger partial charge in [0.25, 0.3) is 0 Å². The molecule has 49 heavy (non-hydrogen) atoms. The van der Waals surface area contributed by atoms with Crippen molar-refractivity contribution in [1.29, 1.82) is 5.26 Å². The molecular formula is C37H43F4N7O. The van der Waals surface area contributed by atoms with Gasteiger partial charge in [0.1, 0.15) is 17.5 Å². The van der Waals surface area contributed by atoms with Crippen molar-refractivity contribution in [3.63, 3.8) is 0 Å². The lowest BCUT2D eigenvalue weighted by atomic mass is 9.51.